The zero-order chi connectivity index (χ0) is 6.69. The molecule has 0 aromatic carbocycles. The van der Waals surface area contributed by atoms with E-state index in [4.69, 9.17) is 6.11 Å². The van der Waals surface area contributed by atoms with Gasteiger partial charge in [-0.1, -0.05) is 0 Å². The van der Waals surface area contributed by atoms with Crippen LogP contribution < -0.4 is 4.74 Å². The molecule has 0 saturated heterocycles. The van der Waals surface area contributed by atoms with Crippen molar-refractivity contribution in [3.63, 3.8) is 0 Å². The molecule has 0 radical (unpaired) electrons. The molecular weight excluding hydrogens is 104 g/mol. The van der Waals surface area contributed by atoms with Crippen molar-refractivity contribution >= 4 is 0 Å². The smallest absolute Gasteiger partial charge is 0.233 e. The van der Waals surface area contributed by atoms with E-state index >= 15 is 0 Å². The molecular formula is C5H6N2O. The van der Waals surface area contributed by atoms with Crippen molar-refractivity contribution in [2.24, 2.45) is 0 Å². The molecule has 0 unspecified atom stereocenters. The van der Waals surface area contributed by atoms with Crippen LogP contribution in [-0.4, -0.2) is 17.3 Å². The van der Waals surface area contributed by atoms with Crippen molar-refractivity contribution in [2.45, 2.75) is 0 Å². The third-order valence-electron chi connectivity index (χ3n) is 0.716. The molecule has 0 fully saturated rings. The topological polar surface area (TPSA) is 35.0 Å². The highest BCUT2D eigenvalue weighted by Gasteiger charge is 1.83. The lowest BCUT2D eigenvalue weighted by Crippen LogP contribution is -1.86. The third-order valence-corrected chi connectivity index (χ3v) is 0.716. The van der Waals surface area contributed by atoms with Crippen molar-refractivity contribution in [3.05, 3.63) is 18.3 Å². The van der Waals surface area contributed by atoms with E-state index in [1.54, 1.807) is 6.07 Å². The maximum atomic E-state index is 6.94. The van der Waals surface area contributed by atoms with E-state index in [0.717, 1.165) is 0 Å². The Morgan fingerprint density at radius 2 is 2.75 bits per heavy atom. The summed E-state index contributed by atoms with van der Waals surface area (Å²) in [4.78, 5) is 0. The Balaban J connectivity index is 2.88. The van der Waals surface area contributed by atoms with Gasteiger partial charge in [0.2, 0.25) is 5.88 Å². The lowest BCUT2D eigenvalue weighted by atomic mass is 10.6. The van der Waals surface area contributed by atoms with Crippen molar-refractivity contribution < 1.29 is 6.11 Å². The number of hydrogen-bond acceptors (Lipinski definition) is 3. The highest BCUT2D eigenvalue weighted by atomic mass is 16.5. The second-order valence-corrected chi connectivity index (χ2v) is 1.20. The summed E-state index contributed by atoms with van der Waals surface area (Å²) in [5.74, 6) is 0.436. The molecule has 42 valence electrons. The lowest BCUT2D eigenvalue weighted by Gasteiger charge is -1.91. The van der Waals surface area contributed by atoms with Gasteiger partial charge in [-0.05, 0) is 6.07 Å². The molecule has 0 aliphatic heterocycles. The van der Waals surface area contributed by atoms with Gasteiger partial charge in [0, 0.05) is 12.2 Å². The van der Waals surface area contributed by atoms with Crippen molar-refractivity contribution in [1.82, 2.24) is 10.2 Å². The Bertz CT molecular complexity index is 187. The standard InChI is InChI=1S/C5H6N2O/c1-8-5-3-2-4-6-7-5/h2-4H,1H3/i4D. The van der Waals surface area contributed by atoms with Gasteiger partial charge in [0.15, 0.2) is 0 Å². The maximum Gasteiger partial charge on any atom is 0.233 e. The summed E-state index contributed by atoms with van der Waals surface area (Å²) in [5, 5.41) is 6.98. The fourth-order valence-corrected chi connectivity index (χ4v) is 0.362. The van der Waals surface area contributed by atoms with E-state index < -0.39 is 0 Å². The average molecular weight is 111 g/mol. The van der Waals surface area contributed by atoms with Gasteiger partial charge in [-0.15, -0.1) is 5.10 Å². The molecule has 0 aliphatic carbocycles. The van der Waals surface area contributed by atoms with Gasteiger partial charge in [-0.2, -0.15) is 5.10 Å². The van der Waals surface area contributed by atoms with Crippen LogP contribution in [0, 0.1) is 0 Å². The van der Waals surface area contributed by atoms with Crippen LogP contribution in [0.3, 0.4) is 0 Å². The number of methoxy groups -OCH3 is 1. The van der Waals surface area contributed by atoms with Crippen LogP contribution >= 0.6 is 0 Å². The number of hydrogen-bond donors (Lipinski definition) is 0. The minimum Gasteiger partial charge on any atom is -0.480 e. The number of rotatable bonds is 1. The summed E-state index contributed by atoms with van der Waals surface area (Å²) >= 11 is 0. The molecule has 0 amide bonds. The molecule has 0 atom stereocenters. The van der Waals surface area contributed by atoms with Crippen LogP contribution in [0.25, 0.3) is 0 Å². The monoisotopic (exact) mass is 111 g/mol. The van der Waals surface area contributed by atoms with Crippen LogP contribution in [-0.2, 0) is 0 Å². The molecule has 8 heavy (non-hydrogen) atoms. The maximum absolute atomic E-state index is 6.94. The minimum atomic E-state index is 0.149. The molecule has 0 bridgehead atoms. The normalized spacial score (nSPS) is 10.4. The Labute approximate surface area is 48.7 Å². The molecule has 3 heteroatoms. The van der Waals surface area contributed by atoms with Gasteiger partial charge in [0.05, 0.1) is 8.48 Å². The van der Waals surface area contributed by atoms with Crippen LogP contribution in [0.1, 0.15) is 1.37 Å². The van der Waals surface area contributed by atoms with Crippen LogP contribution in [0.4, 0.5) is 0 Å². The third kappa shape index (κ3) is 0.932. The molecule has 0 spiro atoms. The molecule has 0 saturated carbocycles. The average Bonchev–Trinajstić information content (AvgIpc) is 1.90. The van der Waals surface area contributed by atoms with Gasteiger partial charge in [0.1, 0.15) is 0 Å². The Morgan fingerprint density at radius 1 is 1.88 bits per heavy atom. The first-order valence-corrected chi connectivity index (χ1v) is 2.17. The zero-order valence-electron chi connectivity index (χ0n) is 5.46. The predicted molar refractivity (Wildman–Crippen MR) is 28.6 cm³/mol. The SMILES string of the molecule is [2H]c1ccc(OC)nn1. The molecule has 1 heterocycles. The summed E-state index contributed by atoms with van der Waals surface area (Å²) in [6, 6.07) is 3.11. The first kappa shape index (κ1) is 3.83. The van der Waals surface area contributed by atoms with Crippen molar-refractivity contribution in [1.29, 1.82) is 0 Å². The molecule has 1 aromatic heterocycles. The Morgan fingerprint density at radius 3 is 3.25 bits per heavy atom. The van der Waals surface area contributed by atoms with Gasteiger partial charge in [0.25, 0.3) is 0 Å². The Hall–Kier alpha value is -1.12. The van der Waals surface area contributed by atoms with Gasteiger partial charge in [-0.3, -0.25) is 0 Å². The van der Waals surface area contributed by atoms with E-state index in [0.29, 0.717) is 5.88 Å². The Kier molecular flexibility index (Phi) is 1.08. The van der Waals surface area contributed by atoms with E-state index in [-0.39, 0.29) is 6.17 Å². The van der Waals surface area contributed by atoms with E-state index in [9.17, 15) is 0 Å². The number of aromatic nitrogens is 2. The van der Waals surface area contributed by atoms with E-state index in [1.807, 2.05) is 0 Å². The number of nitrogens with zero attached hydrogens (tertiary/aromatic N) is 2. The number of ether oxygens (including phenoxy) is 1. The first-order valence-electron chi connectivity index (χ1n) is 2.67. The molecule has 3 nitrogen and oxygen atoms in total. The summed E-state index contributed by atoms with van der Waals surface area (Å²) in [6.07, 6.45) is 0.149. The largest absolute Gasteiger partial charge is 0.480 e. The van der Waals surface area contributed by atoms with Crippen LogP contribution in [0.5, 0.6) is 5.88 Å². The summed E-state index contributed by atoms with van der Waals surface area (Å²) in [6.45, 7) is 0. The highest BCUT2D eigenvalue weighted by Crippen LogP contribution is 1.97. The second kappa shape index (κ2) is 2.26. The van der Waals surface area contributed by atoms with E-state index in [1.165, 1.54) is 13.2 Å². The van der Waals surface area contributed by atoms with Crippen LogP contribution in [0.2, 0.25) is 0 Å². The molecule has 0 aliphatic rings. The van der Waals surface area contributed by atoms with Crippen molar-refractivity contribution in [2.75, 3.05) is 7.11 Å². The summed E-state index contributed by atoms with van der Waals surface area (Å²) in [5.41, 5.74) is 0. The van der Waals surface area contributed by atoms with E-state index in [2.05, 4.69) is 10.2 Å². The lowest BCUT2D eigenvalue weighted by molar-refractivity contribution is 0.392. The van der Waals surface area contributed by atoms with Crippen LogP contribution in [0.15, 0.2) is 18.3 Å². The fourth-order valence-electron chi connectivity index (χ4n) is 0.362. The van der Waals surface area contributed by atoms with Gasteiger partial charge >= 0.3 is 0 Å². The zero-order valence-corrected chi connectivity index (χ0v) is 4.46. The minimum absolute atomic E-state index is 0.149. The quantitative estimate of drug-likeness (QED) is 0.528. The van der Waals surface area contributed by atoms with Gasteiger partial charge < -0.3 is 4.74 Å². The molecule has 1 rings (SSSR count). The van der Waals surface area contributed by atoms with Crippen molar-refractivity contribution in [3.8, 4) is 5.88 Å². The molecule has 0 N–H and O–H groups in total. The molecule has 1 aromatic rings. The highest BCUT2D eigenvalue weighted by molar-refractivity contribution is 5.04. The first-order chi connectivity index (χ1) is 4.33. The fraction of sp³-hybridized carbons (Fsp3) is 0.200. The van der Waals surface area contributed by atoms with Gasteiger partial charge in [-0.25, -0.2) is 0 Å². The predicted octanol–water partition coefficient (Wildman–Crippen LogP) is 0.485. The summed E-state index contributed by atoms with van der Waals surface area (Å²) < 4.78 is 11.6. The summed E-state index contributed by atoms with van der Waals surface area (Å²) in [7, 11) is 1.51. The second-order valence-electron chi connectivity index (χ2n) is 1.20.